The highest BCUT2D eigenvalue weighted by atomic mass is 32.1. The first-order chi connectivity index (χ1) is 9.97. The van der Waals surface area contributed by atoms with E-state index in [0.717, 1.165) is 29.7 Å². The number of benzene rings is 1. The molecule has 2 heterocycles. The molecule has 112 valence electrons. The van der Waals surface area contributed by atoms with E-state index in [1.165, 1.54) is 11.6 Å². The Morgan fingerprint density at radius 2 is 2.24 bits per heavy atom. The third kappa shape index (κ3) is 2.56. The highest BCUT2D eigenvalue weighted by Gasteiger charge is 2.24. The van der Waals surface area contributed by atoms with E-state index in [-0.39, 0.29) is 5.82 Å². The van der Waals surface area contributed by atoms with Crippen LogP contribution < -0.4 is 0 Å². The van der Waals surface area contributed by atoms with Gasteiger partial charge >= 0.3 is 0 Å². The van der Waals surface area contributed by atoms with Crippen LogP contribution in [0.15, 0.2) is 23.8 Å². The summed E-state index contributed by atoms with van der Waals surface area (Å²) in [5, 5.41) is 0. The fourth-order valence-electron chi connectivity index (χ4n) is 2.91. The Bertz CT molecular complexity index is 768. The van der Waals surface area contributed by atoms with E-state index in [2.05, 4.69) is 36.7 Å². The zero-order valence-electron chi connectivity index (χ0n) is 12.6. The normalized spacial score (nSPS) is 18.8. The lowest BCUT2D eigenvalue weighted by Crippen LogP contribution is -2.34. The third-order valence-corrected chi connectivity index (χ3v) is 4.47. The van der Waals surface area contributed by atoms with E-state index in [0.29, 0.717) is 17.4 Å². The fraction of sp³-hybridized carbons (Fsp3) is 0.438. The zero-order chi connectivity index (χ0) is 15.1. The largest absolute Gasteiger partial charge is 0.331 e. The van der Waals surface area contributed by atoms with Crippen molar-refractivity contribution < 1.29 is 4.39 Å². The van der Waals surface area contributed by atoms with Crippen LogP contribution in [0.4, 0.5) is 4.39 Å². The van der Waals surface area contributed by atoms with Crippen LogP contribution in [0.2, 0.25) is 0 Å². The molecule has 2 aromatic rings. The Labute approximate surface area is 129 Å². The predicted octanol–water partition coefficient (Wildman–Crippen LogP) is 4.01. The number of hydrogen-bond acceptors (Lipinski definition) is 2. The molecule has 0 saturated heterocycles. The molecule has 21 heavy (non-hydrogen) atoms. The summed E-state index contributed by atoms with van der Waals surface area (Å²) in [4.78, 5) is 5.48. The van der Waals surface area contributed by atoms with Crippen molar-refractivity contribution in [2.24, 2.45) is 0 Å². The molecule has 1 aliphatic heterocycles. The van der Waals surface area contributed by atoms with Crippen molar-refractivity contribution in [2.75, 3.05) is 6.54 Å². The SMILES string of the molecule is CC(C)=CCN1Cc2c(F)ccc3[nH]c(=S)n(c23)CC1C. The van der Waals surface area contributed by atoms with Gasteiger partial charge in [0.2, 0.25) is 0 Å². The van der Waals surface area contributed by atoms with Crippen molar-refractivity contribution in [3.63, 3.8) is 0 Å². The van der Waals surface area contributed by atoms with Crippen LogP contribution in [-0.2, 0) is 13.1 Å². The second-order valence-corrected chi connectivity index (χ2v) is 6.41. The van der Waals surface area contributed by atoms with Crippen molar-refractivity contribution >= 4 is 23.3 Å². The van der Waals surface area contributed by atoms with Crippen LogP contribution in [0.25, 0.3) is 11.0 Å². The predicted molar refractivity (Wildman–Crippen MR) is 86.4 cm³/mol. The molecule has 0 amide bonds. The maximum Gasteiger partial charge on any atom is 0.178 e. The minimum Gasteiger partial charge on any atom is -0.331 e. The molecule has 1 aromatic carbocycles. The van der Waals surface area contributed by atoms with Gasteiger partial charge in [0.15, 0.2) is 4.77 Å². The van der Waals surface area contributed by atoms with Gasteiger partial charge in [-0.05, 0) is 45.1 Å². The van der Waals surface area contributed by atoms with E-state index in [9.17, 15) is 4.39 Å². The molecule has 1 aliphatic rings. The van der Waals surface area contributed by atoms with Crippen LogP contribution in [0.1, 0.15) is 26.3 Å². The van der Waals surface area contributed by atoms with E-state index >= 15 is 0 Å². The average Bonchev–Trinajstić information content (AvgIpc) is 2.64. The minimum absolute atomic E-state index is 0.151. The number of H-pyrrole nitrogens is 1. The van der Waals surface area contributed by atoms with Gasteiger partial charge in [0.1, 0.15) is 5.82 Å². The summed E-state index contributed by atoms with van der Waals surface area (Å²) >= 11 is 5.40. The summed E-state index contributed by atoms with van der Waals surface area (Å²) in [6.45, 7) is 8.57. The molecule has 1 aromatic heterocycles. The van der Waals surface area contributed by atoms with Gasteiger partial charge in [-0.2, -0.15) is 0 Å². The summed E-state index contributed by atoms with van der Waals surface area (Å²) in [7, 11) is 0. The molecule has 0 bridgehead atoms. The molecule has 5 heteroatoms. The van der Waals surface area contributed by atoms with E-state index < -0.39 is 0 Å². The monoisotopic (exact) mass is 305 g/mol. The quantitative estimate of drug-likeness (QED) is 0.669. The first-order valence-corrected chi connectivity index (χ1v) is 7.65. The Hall–Kier alpha value is -1.46. The summed E-state index contributed by atoms with van der Waals surface area (Å²) in [6.07, 6.45) is 2.19. The zero-order valence-corrected chi connectivity index (χ0v) is 13.4. The standard InChI is InChI=1S/C16H20FN3S/c1-10(2)6-7-19-9-12-13(17)4-5-14-15(12)20(8-11(19)3)16(21)18-14/h4-6,11H,7-9H2,1-3H3,(H,18,21). The first-order valence-electron chi connectivity index (χ1n) is 7.24. The fourth-order valence-corrected chi connectivity index (χ4v) is 3.19. The lowest BCUT2D eigenvalue weighted by Gasteiger charge is -2.26. The number of allylic oxidation sites excluding steroid dienone is 1. The van der Waals surface area contributed by atoms with E-state index in [4.69, 9.17) is 12.2 Å². The Balaban J connectivity index is 2.12. The molecule has 1 unspecified atom stereocenters. The topological polar surface area (TPSA) is 24.0 Å². The van der Waals surface area contributed by atoms with Crippen LogP contribution in [0.5, 0.6) is 0 Å². The Kier molecular flexibility index (Phi) is 3.71. The molecule has 0 saturated carbocycles. The molecule has 3 rings (SSSR count). The van der Waals surface area contributed by atoms with Crippen molar-refractivity contribution in [1.29, 1.82) is 0 Å². The maximum absolute atomic E-state index is 14.3. The number of aromatic amines is 1. The minimum atomic E-state index is -0.151. The Morgan fingerprint density at radius 1 is 1.48 bits per heavy atom. The maximum atomic E-state index is 14.3. The third-order valence-electron chi connectivity index (χ3n) is 4.15. The lowest BCUT2D eigenvalue weighted by atomic mass is 10.1. The number of nitrogens with zero attached hydrogens (tertiary/aromatic N) is 2. The second kappa shape index (κ2) is 5.39. The molecule has 0 aliphatic carbocycles. The van der Waals surface area contributed by atoms with Gasteiger partial charge in [-0.1, -0.05) is 11.6 Å². The van der Waals surface area contributed by atoms with Gasteiger partial charge in [-0.15, -0.1) is 0 Å². The molecule has 1 atom stereocenters. The van der Waals surface area contributed by atoms with Crippen LogP contribution in [-0.4, -0.2) is 27.0 Å². The van der Waals surface area contributed by atoms with Crippen LogP contribution in [0, 0.1) is 10.6 Å². The second-order valence-electron chi connectivity index (χ2n) is 6.02. The molecule has 0 fully saturated rings. The van der Waals surface area contributed by atoms with E-state index in [1.807, 2.05) is 4.57 Å². The summed E-state index contributed by atoms with van der Waals surface area (Å²) in [5.41, 5.74) is 3.87. The molecule has 1 N–H and O–H groups in total. The van der Waals surface area contributed by atoms with Gasteiger partial charge in [0, 0.05) is 31.2 Å². The van der Waals surface area contributed by atoms with Gasteiger partial charge in [0.05, 0.1) is 11.0 Å². The van der Waals surface area contributed by atoms with Gasteiger partial charge in [-0.3, -0.25) is 4.90 Å². The number of hydrogen-bond donors (Lipinski definition) is 1. The molecular weight excluding hydrogens is 285 g/mol. The highest BCUT2D eigenvalue weighted by molar-refractivity contribution is 7.71. The number of nitrogens with one attached hydrogen (secondary N) is 1. The molecular formula is C16H20FN3S. The molecule has 0 radical (unpaired) electrons. The van der Waals surface area contributed by atoms with Crippen molar-refractivity contribution in [2.45, 2.75) is 39.9 Å². The Morgan fingerprint density at radius 3 is 2.95 bits per heavy atom. The molecule has 0 spiro atoms. The average molecular weight is 305 g/mol. The molecule has 3 nitrogen and oxygen atoms in total. The van der Waals surface area contributed by atoms with Gasteiger partial charge in [-0.25, -0.2) is 4.39 Å². The summed E-state index contributed by atoms with van der Waals surface area (Å²) < 4.78 is 17.0. The van der Waals surface area contributed by atoms with Crippen LogP contribution in [0.3, 0.4) is 0 Å². The lowest BCUT2D eigenvalue weighted by molar-refractivity contribution is 0.208. The van der Waals surface area contributed by atoms with E-state index in [1.54, 1.807) is 6.07 Å². The smallest absolute Gasteiger partial charge is 0.178 e. The van der Waals surface area contributed by atoms with Gasteiger partial charge < -0.3 is 9.55 Å². The van der Waals surface area contributed by atoms with Crippen molar-refractivity contribution in [3.8, 4) is 0 Å². The summed E-state index contributed by atoms with van der Waals surface area (Å²) in [5.74, 6) is -0.151. The number of rotatable bonds is 2. The number of aromatic nitrogens is 2. The van der Waals surface area contributed by atoms with Crippen molar-refractivity contribution in [3.05, 3.63) is 39.9 Å². The number of imidazole rings is 1. The number of halogens is 1. The van der Waals surface area contributed by atoms with Gasteiger partial charge in [0.25, 0.3) is 0 Å². The van der Waals surface area contributed by atoms with Crippen LogP contribution >= 0.6 is 12.2 Å². The van der Waals surface area contributed by atoms with Crippen molar-refractivity contribution in [1.82, 2.24) is 14.5 Å². The first kappa shape index (κ1) is 14.5. The summed E-state index contributed by atoms with van der Waals surface area (Å²) in [6, 6.07) is 3.61. The highest BCUT2D eigenvalue weighted by Crippen LogP contribution is 2.27.